The quantitative estimate of drug-likeness (QED) is 0.462. The minimum Gasteiger partial charge on any atom is -0.330 e. The van der Waals surface area contributed by atoms with E-state index in [1.54, 1.807) is 6.33 Å². The van der Waals surface area contributed by atoms with Crippen molar-refractivity contribution in [1.29, 1.82) is 0 Å². The van der Waals surface area contributed by atoms with Crippen LogP contribution >= 0.6 is 0 Å². The van der Waals surface area contributed by atoms with Crippen LogP contribution in [0.4, 0.5) is 0 Å². The molecule has 1 atom stereocenters. The monoisotopic (exact) mass is 297 g/mol. The molecule has 0 aliphatic carbocycles. The van der Waals surface area contributed by atoms with Crippen molar-refractivity contribution in [3.63, 3.8) is 0 Å². The van der Waals surface area contributed by atoms with Crippen molar-refractivity contribution in [2.75, 3.05) is 6.54 Å². The van der Waals surface area contributed by atoms with Crippen LogP contribution in [0.5, 0.6) is 0 Å². The highest BCUT2D eigenvalue weighted by Crippen LogP contribution is 2.39. The number of aromatic nitrogens is 2. The number of carbonyl (C=O) groups is 2. The Bertz CT molecular complexity index is 782. The first-order valence-corrected chi connectivity index (χ1v) is 7.21. The minimum atomic E-state index is -0.438. The smallest absolute Gasteiger partial charge is 0.285 e. The van der Waals surface area contributed by atoms with Crippen LogP contribution < -0.4 is 11.3 Å². The lowest BCUT2D eigenvalue weighted by molar-refractivity contribution is 0.0735. The van der Waals surface area contributed by atoms with Crippen molar-refractivity contribution in [2.24, 2.45) is 5.84 Å². The molecule has 1 saturated heterocycles. The van der Waals surface area contributed by atoms with Crippen molar-refractivity contribution < 1.29 is 9.59 Å². The molecule has 2 aliphatic heterocycles. The van der Waals surface area contributed by atoms with Gasteiger partial charge in [0.05, 0.1) is 23.0 Å². The van der Waals surface area contributed by atoms with Gasteiger partial charge in [-0.1, -0.05) is 12.1 Å². The highest BCUT2D eigenvalue weighted by molar-refractivity contribution is 6.00. The second-order valence-electron chi connectivity index (χ2n) is 5.50. The summed E-state index contributed by atoms with van der Waals surface area (Å²) in [5, 5.41) is 0. The zero-order valence-corrected chi connectivity index (χ0v) is 11.8. The van der Waals surface area contributed by atoms with E-state index < -0.39 is 5.91 Å². The number of para-hydroxylation sites is 1. The largest absolute Gasteiger partial charge is 0.330 e. The number of benzene rings is 1. The van der Waals surface area contributed by atoms with Crippen LogP contribution in [0.2, 0.25) is 0 Å². The lowest BCUT2D eigenvalue weighted by Crippen LogP contribution is -2.34. The van der Waals surface area contributed by atoms with Crippen LogP contribution in [0.3, 0.4) is 0 Å². The fraction of sp³-hybridized carbons (Fsp3) is 0.267. The maximum absolute atomic E-state index is 12.8. The van der Waals surface area contributed by atoms with Crippen molar-refractivity contribution >= 4 is 11.8 Å². The average molecular weight is 297 g/mol. The molecule has 3 N–H and O–H groups in total. The minimum absolute atomic E-state index is 0.000839. The van der Waals surface area contributed by atoms with Crippen molar-refractivity contribution in [1.82, 2.24) is 19.9 Å². The predicted molar refractivity (Wildman–Crippen MR) is 78.2 cm³/mol. The molecule has 2 amide bonds. The molecular weight excluding hydrogens is 282 g/mol. The number of nitrogen functional groups attached to an aromatic ring is 1. The fourth-order valence-corrected chi connectivity index (χ4v) is 3.42. The van der Waals surface area contributed by atoms with Gasteiger partial charge >= 0.3 is 0 Å². The Balaban J connectivity index is 2.01. The Hall–Kier alpha value is -2.67. The van der Waals surface area contributed by atoms with Crippen LogP contribution in [0.25, 0.3) is 5.69 Å². The Morgan fingerprint density at radius 1 is 1.36 bits per heavy atom. The molecule has 1 unspecified atom stereocenters. The summed E-state index contributed by atoms with van der Waals surface area (Å²) >= 11 is 0. The summed E-state index contributed by atoms with van der Waals surface area (Å²) in [5.41, 5.74) is 4.53. The first kappa shape index (κ1) is 13.0. The van der Waals surface area contributed by atoms with Gasteiger partial charge in [0, 0.05) is 6.54 Å². The molecule has 0 saturated carbocycles. The summed E-state index contributed by atoms with van der Waals surface area (Å²) in [7, 11) is 0. The summed E-state index contributed by atoms with van der Waals surface area (Å²) in [4.78, 5) is 30.9. The van der Waals surface area contributed by atoms with Crippen molar-refractivity contribution in [2.45, 2.75) is 18.9 Å². The van der Waals surface area contributed by atoms with E-state index in [-0.39, 0.29) is 17.6 Å². The number of amides is 2. The lowest BCUT2D eigenvalue weighted by atomic mass is 10.1. The lowest BCUT2D eigenvalue weighted by Gasteiger charge is -2.22. The molecule has 2 aliphatic rings. The van der Waals surface area contributed by atoms with Crippen LogP contribution in [-0.4, -0.2) is 32.8 Å². The van der Waals surface area contributed by atoms with E-state index in [1.165, 1.54) is 0 Å². The first-order chi connectivity index (χ1) is 10.7. The molecule has 1 fully saturated rings. The van der Waals surface area contributed by atoms with E-state index in [0.29, 0.717) is 12.1 Å². The molecule has 1 aromatic heterocycles. The Labute approximate surface area is 126 Å². The van der Waals surface area contributed by atoms with Gasteiger partial charge in [0.2, 0.25) is 0 Å². The molecule has 1 aromatic carbocycles. The van der Waals surface area contributed by atoms with E-state index in [0.717, 1.165) is 24.2 Å². The second kappa shape index (κ2) is 4.67. The zero-order valence-electron chi connectivity index (χ0n) is 11.8. The number of nitrogens with two attached hydrogens (primary N) is 1. The fourth-order valence-electron chi connectivity index (χ4n) is 3.42. The third-order valence-corrected chi connectivity index (χ3v) is 4.37. The topological polar surface area (TPSA) is 93.2 Å². The van der Waals surface area contributed by atoms with Crippen LogP contribution in [0, 0.1) is 0 Å². The second-order valence-corrected chi connectivity index (χ2v) is 5.50. The standard InChI is InChI=1S/C15H15N5O2/c16-18-14(21)12-13-11-6-3-7-19(11)15(22)9-4-1-2-5-10(9)20(13)8-17-12/h1-2,4-5,8,11H,3,6-7,16H2,(H,18,21). The number of nitrogens with one attached hydrogen (secondary N) is 1. The average Bonchev–Trinajstić information content (AvgIpc) is 3.17. The van der Waals surface area contributed by atoms with E-state index >= 15 is 0 Å². The van der Waals surface area contributed by atoms with Crippen LogP contribution in [-0.2, 0) is 0 Å². The summed E-state index contributed by atoms with van der Waals surface area (Å²) < 4.78 is 1.84. The van der Waals surface area contributed by atoms with Gasteiger partial charge in [0.1, 0.15) is 6.33 Å². The van der Waals surface area contributed by atoms with Gasteiger partial charge < -0.3 is 4.90 Å². The number of carbonyl (C=O) groups excluding carboxylic acids is 2. The summed E-state index contributed by atoms with van der Waals surface area (Å²) in [5.74, 6) is 4.83. The molecule has 4 rings (SSSR count). The number of hydrogen-bond acceptors (Lipinski definition) is 4. The number of rotatable bonds is 1. The van der Waals surface area contributed by atoms with Crippen molar-refractivity contribution in [3.8, 4) is 5.69 Å². The van der Waals surface area contributed by atoms with Crippen LogP contribution in [0.1, 0.15) is 45.4 Å². The van der Waals surface area contributed by atoms with E-state index in [4.69, 9.17) is 5.84 Å². The Morgan fingerprint density at radius 3 is 3.00 bits per heavy atom. The molecule has 112 valence electrons. The number of fused-ring (bicyclic) bond motifs is 5. The molecule has 22 heavy (non-hydrogen) atoms. The summed E-state index contributed by atoms with van der Waals surface area (Å²) in [6.07, 6.45) is 3.32. The van der Waals surface area contributed by atoms with Gasteiger partial charge in [-0.2, -0.15) is 0 Å². The predicted octanol–water partition coefficient (Wildman–Crippen LogP) is 0.766. The molecule has 2 aromatic rings. The van der Waals surface area contributed by atoms with Crippen molar-refractivity contribution in [3.05, 3.63) is 47.5 Å². The maximum atomic E-state index is 12.8. The summed E-state index contributed by atoms with van der Waals surface area (Å²) in [6, 6.07) is 7.25. The van der Waals surface area contributed by atoms with Gasteiger partial charge in [0.25, 0.3) is 11.8 Å². The highest BCUT2D eigenvalue weighted by Gasteiger charge is 2.39. The number of hydrazine groups is 1. The number of imidazole rings is 1. The number of hydrogen-bond donors (Lipinski definition) is 2. The van der Waals surface area contributed by atoms with E-state index in [1.807, 2.05) is 33.7 Å². The molecule has 0 bridgehead atoms. The first-order valence-electron chi connectivity index (χ1n) is 7.21. The molecule has 3 heterocycles. The van der Waals surface area contributed by atoms with Gasteiger partial charge in [-0.15, -0.1) is 0 Å². The van der Waals surface area contributed by atoms with Gasteiger partial charge in [-0.3, -0.25) is 19.6 Å². The third kappa shape index (κ3) is 1.62. The highest BCUT2D eigenvalue weighted by atomic mass is 16.2. The molecule has 0 radical (unpaired) electrons. The zero-order chi connectivity index (χ0) is 15.3. The van der Waals surface area contributed by atoms with Gasteiger partial charge in [-0.05, 0) is 25.0 Å². The Kier molecular flexibility index (Phi) is 2.77. The molecule has 7 heteroatoms. The number of nitrogens with zero attached hydrogens (tertiary/aromatic N) is 3. The normalized spacial score (nSPS) is 19.2. The van der Waals surface area contributed by atoms with E-state index in [2.05, 4.69) is 10.4 Å². The van der Waals surface area contributed by atoms with E-state index in [9.17, 15) is 9.59 Å². The van der Waals surface area contributed by atoms with Gasteiger partial charge in [-0.25, -0.2) is 10.8 Å². The Morgan fingerprint density at radius 2 is 2.18 bits per heavy atom. The summed E-state index contributed by atoms with van der Waals surface area (Å²) in [6.45, 7) is 0.687. The molecular formula is C15H15N5O2. The molecule has 0 spiro atoms. The SMILES string of the molecule is NNC(=O)c1ncn2c1C1CCCN1C(=O)c1ccccc1-2. The third-order valence-electron chi connectivity index (χ3n) is 4.37. The van der Waals surface area contributed by atoms with Gasteiger partial charge in [0.15, 0.2) is 5.69 Å². The maximum Gasteiger partial charge on any atom is 0.285 e. The molecule has 7 nitrogen and oxygen atoms in total. The van der Waals surface area contributed by atoms with Crippen LogP contribution in [0.15, 0.2) is 30.6 Å².